The molecule has 0 unspecified atom stereocenters. The van der Waals surface area contributed by atoms with Crippen LogP contribution in [0.5, 0.6) is 5.75 Å². The molecule has 0 saturated carbocycles. The van der Waals surface area contributed by atoms with E-state index in [0.717, 1.165) is 10.9 Å². The summed E-state index contributed by atoms with van der Waals surface area (Å²) < 4.78 is 75.6. The quantitative estimate of drug-likeness (QED) is 0.789. The first kappa shape index (κ1) is 14.2. The van der Waals surface area contributed by atoms with Gasteiger partial charge in [-0.1, -0.05) is 0 Å². The predicted molar refractivity (Wildman–Crippen MR) is 54.7 cm³/mol. The molecule has 0 atom stereocenters. The van der Waals surface area contributed by atoms with Crippen LogP contribution in [-0.2, 0) is 12.4 Å². The first-order valence-electron chi connectivity index (χ1n) is 5.14. The molecule has 2 aromatic rings. The van der Waals surface area contributed by atoms with Crippen LogP contribution in [0.3, 0.4) is 0 Å². The zero-order chi connectivity index (χ0) is 15.0. The molecule has 0 aliphatic heterocycles. The lowest BCUT2D eigenvalue weighted by Crippen LogP contribution is -2.17. The third-order valence-corrected chi connectivity index (χ3v) is 2.28. The lowest BCUT2D eigenvalue weighted by molar-refractivity contribution is -0.162. The Kier molecular flexibility index (Phi) is 3.36. The minimum atomic E-state index is -5.14. The fourth-order valence-electron chi connectivity index (χ4n) is 1.48. The van der Waals surface area contributed by atoms with Crippen LogP contribution in [-0.4, -0.2) is 9.94 Å². The second-order valence-electron chi connectivity index (χ2n) is 3.70. The van der Waals surface area contributed by atoms with Crippen LogP contribution in [0, 0.1) is 0 Å². The third kappa shape index (κ3) is 3.03. The van der Waals surface area contributed by atoms with E-state index in [1.807, 2.05) is 0 Å². The standard InChI is InChI=1S/C11H6F6N2O/c12-10(13,14)8-3-2-7(6-9(8)11(15,16)17)20-19-5-1-4-18-19/h1-6H. The van der Waals surface area contributed by atoms with Crippen LogP contribution in [0.1, 0.15) is 11.1 Å². The van der Waals surface area contributed by atoms with Crippen LogP contribution in [0.25, 0.3) is 0 Å². The second-order valence-corrected chi connectivity index (χ2v) is 3.70. The van der Waals surface area contributed by atoms with Crippen LogP contribution in [0.2, 0.25) is 0 Å². The SMILES string of the molecule is FC(F)(F)c1ccc(On2cccn2)cc1C(F)(F)F. The molecule has 20 heavy (non-hydrogen) atoms. The average Bonchev–Trinajstić information content (AvgIpc) is 2.79. The average molecular weight is 296 g/mol. The summed E-state index contributed by atoms with van der Waals surface area (Å²) in [5, 5.41) is 3.57. The fraction of sp³-hybridized carbons (Fsp3) is 0.182. The lowest BCUT2D eigenvalue weighted by Gasteiger charge is -2.16. The maximum absolute atomic E-state index is 12.7. The molecule has 0 N–H and O–H groups in total. The molecule has 0 spiro atoms. The minimum Gasteiger partial charge on any atom is -0.358 e. The van der Waals surface area contributed by atoms with Crippen molar-refractivity contribution in [1.82, 2.24) is 9.94 Å². The molecular formula is C11H6F6N2O. The Labute approximate surface area is 108 Å². The Balaban J connectivity index is 2.44. The smallest absolute Gasteiger partial charge is 0.358 e. The number of hydrogen-bond acceptors (Lipinski definition) is 2. The van der Waals surface area contributed by atoms with Crippen LogP contribution >= 0.6 is 0 Å². The van der Waals surface area contributed by atoms with E-state index in [1.165, 1.54) is 18.5 Å². The van der Waals surface area contributed by atoms with Gasteiger partial charge in [-0.3, -0.25) is 0 Å². The Morgan fingerprint density at radius 3 is 2.10 bits per heavy atom. The Bertz CT molecular complexity index is 588. The monoisotopic (exact) mass is 296 g/mol. The summed E-state index contributed by atoms with van der Waals surface area (Å²) in [7, 11) is 0. The number of alkyl halides is 6. The van der Waals surface area contributed by atoms with Crippen molar-refractivity contribution in [3.05, 3.63) is 47.8 Å². The molecule has 2 rings (SSSR count). The maximum Gasteiger partial charge on any atom is 0.417 e. The van der Waals surface area contributed by atoms with Gasteiger partial charge in [-0.15, -0.1) is 9.94 Å². The molecule has 108 valence electrons. The van der Waals surface area contributed by atoms with E-state index in [0.29, 0.717) is 6.07 Å². The van der Waals surface area contributed by atoms with Crippen molar-refractivity contribution in [3.8, 4) is 5.75 Å². The summed E-state index contributed by atoms with van der Waals surface area (Å²) in [4.78, 5) is 5.68. The highest BCUT2D eigenvalue weighted by molar-refractivity contribution is 5.39. The Morgan fingerprint density at radius 2 is 1.60 bits per heavy atom. The van der Waals surface area contributed by atoms with E-state index in [2.05, 4.69) is 5.10 Å². The van der Waals surface area contributed by atoms with Crippen molar-refractivity contribution in [1.29, 1.82) is 0 Å². The third-order valence-electron chi connectivity index (χ3n) is 2.28. The molecule has 0 saturated heterocycles. The van der Waals surface area contributed by atoms with E-state index < -0.39 is 29.2 Å². The van der Waals surface area contributed by atoms with Crippen LogP contribution in [0.4, 0.5) is 26.3 Å². The number of aromatic nitrogens is 2. The van der Waals surface area contributed by atoms with E-state index in [9.17, 15) is 26.3 Å². The molecule has 0 aliphatic rings. The normalized spacial score (nSPS) is 12.5. The Morgan fingerprint density at radius 1 is 0.950 bits per heavy atom. The lowest BCUT2D eigenvalue weighted by atomic mass is 10.1. The molecule has 0 amide bonds. The van der Waals surface area contributed by atoms with E-state index in [-0.39, 0.29) is 6.07 Å². The fourth-order valence-corrected chi connectivity index (χ4v) is 1.48. The van der Waals surface area contributed by atoms with Gasteiger partial charge in [0.25, 0.3) is 0 Å². The van der Waals surface area contributed by atoms with Crippen molar-refractivity contribution in [2.24, 2.45) is 0 Å². The molecule has 0 aliphatic carbocycles. The summed E-state index contributed by atoms with van der Waals surface area (Å²) in [5.74, 6) is -0.408. The largest absolute Gasteiger partial charge is 0.417 e. The zero-order valence-electron chi connectivity index (χ0n) is 9.53. The van der Waals surface area contributed by atoms with Gasteiger partial charge < -0.3 is 4.84 Å². The number of rotatable bonds is 2. The van der Waals surface area contributed by atoms with Gasteiger partial charge in [0.1, 0.15) is 0 Å². The first-order chi connectivity index (χ1) is 9.18. The van der Waals surface area contributed by atoms with Gasteiger partial charge in [0.2, 0.25) is 0 Å². The molecule has 1 heterocycles. The molecule has 0 radical (unpaired) electrons. The summed E-state index contributed by atoms with van der Waals surface area (Å²) >= 11 is 0. The minimum absolute atomic E-state index is 0.282. The molecule has 0 bridgehead atoms. The number of benzene rings is 1. The topological polar surface area (TPSA) is 27.1 Å². The number of nitrogens with zero attached hydrogens (tertiary/aromatic N) is 2. The first-order valence-corrected chi connectivity index (χ1v) is 5.14. The molecule has 1 aromatic carbocycles. The van der Waals surface area contributed by atoms with Crippen molar-refractivity contribution in [3.63, 3.8) is 0 Å². The molecular weight excluding hydrogens is 290 g/mol. The number of halogens is 6. The molecule has 1 aromatic heterocycles. The zero-order valence-corrected chi connectivity index (χ0v) is 9.53. The summed E-state index contributed by atoms with van der Waals surface area (Å²) in [6.07, 6.45) is -7.66. The van der Waals surface area contributed by atoms with E-state index in [4.69, 9.17) is 4.84 Å². The summed E-state index contributed by atoms with van der Waals surface area (Å²) in [5.41, 5.74) is -3.58. The Hall–Kier alpha value is -2.19. The highest BCUT2D eigenvalue weighted by Crippen LogP contribution is 2.41. The van der Waals surface area contributed by atoms with Crippen molar-refractivity contribution in [2.45, 2.75) is 12.4 Å². The van der Waals surface area contributed by atoms with E-state index in [1.54, 1.807) is 0 Å². The molecule has 9 heteroatoms. The van der Waals surface area contributed by atoms with Crippen molar-refractivity contribution in [2.75, 3.05) is 0 Å². The maximum atomic E-state index is 12.7. The van der Waals surface area contributed by atoms with Crippen molar-refractivity contribution >= 4 is 0 Å². The van der Waals surface area contributed by atoms with Gasteiger partial charge in [-0.2, -0.15) is 26.3 Å². The van der Waals surface area contributed by atoms with Gasteiger partial charge in [0, 0.05) is 0 Å². The van der Waals surface area contributed by atoms with Gasteiger partial charge >= 0.3 is 12.4 Å². The van der Waals surface area contributed by atoms with Crippen LogP contribution in [0.15, 0.2) is 36.7 Å². The van der Waals surface area contributed by atoms with Gasteiger partial charge in [-0.25, -0.2) is 0 Å². The van der Waals surface area contributed by atoms with Gasteiger partial charge in [0.05, 0.1) is 23.5 Å². The highest BCUT2D eigenvalue weighted by Gasteiger charge is 2.43. The second kappa shape index (κ2) is 4.73. The van der Waals surface area contributed by atoms with Gasteiger partial charge in [0.15, 0.2) is 5.75 Å². The van der Waals surface area contributed by atoms with Crippen LogP contribution < -0.4 is 4.84 Å². The van der Waals surface area contributed by atoms with Gasteiger partial charge in [-0.05, 0) is 24.3 Å². The highest BCUT2D eigenvalue weighted by atomic mass is 19.4. The summed E-state index contributed by atoms with van der Waals surface area (Å²) in [6, 6.07) is 2.83. The van der Waals surface area contributed by atoms with E-state index >= 15 is 0 Å². The molecule has 3 nitrogen and oxygen atoms in total. The predicted octanol–water partition coefficient (Wildman–Crippen LogP) is 3.76. The number of hydrogen-bond donors (Lipinski definition) is 0. The molecule has 0 fully saturated rings. The summed E-state index contributed by atoms with van der Waals surface area (Å²) in [6.45, 7) is 0. The van der Waals surface area contributed by atoms with Crippen molar-refractivity contribution < 1.29 is 31.2 Å².